The lowest BCUT2D eigenvalue weighted by Crippen LogP contribution is -2.19. The van der Waals surface area contributed by atoms with Crippen LogP contribution < -0.4 is 0 Å². The maximum atomic E-state index is 3.56. The molecule has 100 valence electrons. The third kappa shape index (κ3) is 3.72. The van der Waals surface area contributed by atoms with Crippen LogP contribution in [-0.2, 0) is 5.41 Å². The van der Waals surface area contributed by atoms with E-state index in [2.05, 4.69) is 114 Å². The van der Waals surface area contributed by atoms with Crippen LogP contribution in [0.1, 0.15) is 25.0 Å². The van der Waals surface area contributed by atoms with Crippen molar-refractivity contribution in [2.24, 2.45) is 0 Å². The maximum Gasteiger partial charge on any atom is 0.0189 e. The Morgan fingerprint density at radius 3 is 1.11 bits per heavy atom. The fraction of sp³-hybridized carbons (Fsp3) is 0.200. The zero-order valence-electron chi connectivity index (χ0n) is 10.5. The molecule has 0 aromatic heterocycles. The second-order valence-corrected chi connectivity index (χ2v) is 8.60. The van der Waals surface area contributed by atoms with Crippen LogP contribution in [0.15, 0.2) is 54.3 Å². The van der Waals surface area contributed by atoms with Gasteiger partial charge in [-0.15, -0.1) is 0 Å². The number of benzene rings is 2. The molecule has 0 aliphatic carbocycles. The van der Waals surface area contributed by atoms with E-state index >= 15 is 0 Å². The van der Waals surface area contributed by atoms with Crippen molar-refractivity contribution in [1.29, 1.82) is 0 Å². The van der Waals surface area contributed by atoms with E-state index in [1.807, 2.05) is 0 Å². The van der Waals surface area contributed by atoms with E-state index in [0.717, 1.165) is 17.9 Å². The van der Waals surface area contributed by atoms with Crippen molar-refractivity contribution in [1.82, 2.24) is 0 Å². The smallest absolute Gasteiger partial charge is 0.0189 e. The minimum Gasteiger partial charge on any atom is -0.0517 e. The molecule has 0 N–H and O–H groups in total. The Balaban J connectivity index is 2.57. The molecule has 0 nitrogen and oxygen atoms in total. The predicted molar refractivity (Wildman–Crippen MR) is 95.8 cm³/mol. The highest BCUT2D eigenvalue weighted by Crippen LogP contribution is 2.37. The quantitative estimate of drug-likeness (QED) is 0.405. The minimum absolute atomic E-state index is 0.0708. The minimum atomic E-state index is -0.0708. The second-order valence-electron chi connectivity index (χ2n) is 4.94. The highest BCUT2D eigenvalue weighted by molar-refractivity contribution is 9.11. The van der Waals surface area contributed by atoms with Gasteiger partial charge in [-0.3, -0.25) is 0 Å². The molecule has 0 saturated carbocycles. The van der Waals surface area contributed by atoms with Crippen LogP contribution in [0.2, 0.25) is 0 Å². The van der Waals surface area contributed by atoms with Gasteiger partial charge in [0.25, 0.3) is 0 Å². The molecule has 2 aromatic carbocycles. The first-order chi connectivity index (χ1) is 8.79. The molecule has 0 unspecified atom stereocenters. The molecular weight excluding hydrogens is 500 g/mol. The molecule has 0 radical (unpaired) electrons. The van der Waals surface area contributed by atoms with Crippen molar-refractivity contribution < 1.29 is 0 Å². The summed E-state index contributed by atoms with van der Waals surface area (Å²) in [7, 11) is 0. The first-order valence-electron chi connectivity index (χ1n) is 5.72. The van der Waals surface area contributed by atoms with E-state index < -0.39 is 0 Å². The van der Waals surface area contributed by atoms with Crippen LogP contribution in [-0.4, -0.2) is 0 Å². The number of rotatable bonds is 2. The van der Waals surface area contributed by atoms with Crippen molar-refractivity contribution in [3.05, 3.63) is 65.4 Å². The Labute approximate surface area is 147 Å². The normalized spacial score (nSPS) is 11.7. The summed E-state index contributed by atoms with van der Waals surface area (Å²) in [5.74, 6) is 0. The Kier molecular flexibility index (Phi) is 4.97. The van der Waals surface area contributed by atoms with Gasteiger partial charge in [-0.05, 0) is 47.5 Å². The molecule has 2 rings (SSSR count). The summed E-state index contributed by atoms with van der Waals surface area (Å²) in [5, 5.41) is 0. The van der Waals surface area contributed by atoms with Crippen LogP contribution in [0, 0.1) is 0 Å². The van der Waals surface area contributed by atoms with E-state index in [9.17, 15) is 0 Å². The summed E-state index contributed by atoms with van der Waals surface area (Å²) in [6, 6.07) is 12.8. The average molecular weight is 512 g/mol. The molecule has 0 fully saturated rings. The molecule has 0 atom stereocenters. The number of hydrogen-bond acceptors (Lipinski definition) is 0. The van der Waals surface area contributed by atoms with Crippen LogP contribution in [0.3, 0.4) is 0 Å². The summed E-state index contributed by atoms with van der Waals surface area (Å²) in [4.78, 5) is 0. The SMILES string of the molecule is CC(C)(c1cc(Br)cc(Br)c1)c1cc(Br)cc(Br)c1. The zero-order chi connectivity index (χ0) is 14.2. The lowest BCUT2D eigenvalue weighted by Gasteiger charge is -2.27. The van der Waals surface area contributed by atoms with Crippen LogP contribution in [0.4, 0.5) is 0 Å². The first-order valence-corrected chi connectivity index (χ1v) is 8.89. The summed E-state index contributed by atoms with van der Waals surface area (Å²) in [6.07, 6.45) is 0. The highest BCUT2D eigenvalue weighted by Gasteiger charge is 2.24. The molecule has 0 heterocycles. The summed E-state index contributed by atoms with van der Waals surface area (Å²) in [5.41, 5.74) is 2.45. The highest BCUT2D eigenvalue weighted by atomic mass is 79.9. The monoisotopic (exact) mass is 508 g/mol. The molecular formula is C15H12Br4. The van der Waals surface area contributed by atoms with Crippen LogP contribution in [0.25, 0.3) is 0 Å². The van der Waals surface area contributed by atoms with Gasteiger partial charge in [0.1, 0.15) is 0 Å². The Morgan fingerprint density at radius 1 is 0.579 bits per heavy atom. The molecule has 0 aliphatic heterocycles. The Morgan fingerprint density at radius 2 is 0.842 bits per heavy atom. The van der Waals surface area contributed by atoms with Gasteiger partial charge < -0.3 is 0 Å². The molecule has 0 saturated heterocycles. The average Bonchev–Trinajstić information content (AvgIpc) is 2.26. The maximum absolute atomic E-state index is 3.56. The Bertz CT molecular complexity index is 524. The van der Waals surface area contributed by atoms with Gasteiger partial charge in [0.05, 0.1) is 0 Å². The van der Waals surface area contributed by atoms with Gasteiger partial charge in [-0.1, -0.05) is 77.6 Å². The third-order valence-corrected chi connectivity index (χ3v) is 5.00. The lowest BCUT2D eigenvalue weighted by molar-refractivity contribution is 0.639. The molecule has 0 amide bonds. The van der Waals surface area contributed by atoms with Crippen LogP contribution in [0.5, 0.6) is 0 Å². The van der Waals surface area contributed by atoms with Gasteiger partial charge in [0, 0.05) is 23.3 Å². The zero-order valence-corrected chi connectivity index (χ0v) is 16.8. The molecule has 0 spiro atoms. The largest absolute Gasteiger partial charge is 0.0517 e. The van der Waals surface area contributed by atoms with E-state index in [0.29, 0.717) is 0 Å². The predicted octanol–water partition coefficient (Wildman–Crippen LogP) is 7.06. The third-order valence-electron chi connectivity index (χ3n) is 3.17. The Hall–Kier alpha value is 0.360. The van der Waals surface area contributed by atoms with Crippen molar-refractivity contribution in [2.75, 3.05) is 0 Å². The molecule has 4 heteroatoms. The van der Waals surface area contributed by atoms with E-state index in [1.165, 1.54) is 11.1 Å². The van der Waals surface area contributed by atoms with Gasteiger partial charge in [0.15, 0.2) is 0 Å². The van der Waals surface area contributed by atoms with Crippen molar-refractivity contribution >= 4 is 63.7 Å². The summed E-state index contributed by atoms with van der Waals surface area (Å²) < 4.78 is 4.33. The van der Waals surface area contributed by atoms with Crippen LogP contribution >= 0.6 is 63.7 Å². The van der Waals surface area contributed by atoms with Gasteiger partial charge >= 0.3 is 0 Å². The fourth-order valence-corrected chi connectivity index (χ4v) is 4.58. The second kappa shape index (κ2) is 6.00. The molecule has 0 aliphatic rings. The number of hydrogen-bond donors (Lipinski definition) is 0. The molecule has 0 bridgehead atoms. The summed E-state index contributed by atoms with van der Waals surface area (Å²) in [6.45, 7) is 4.46. The fourth-order valence-electron chi connectivity index (χ4n) is 2.00. The van der Waals surface area contributed by atoms with Gasteiger partial charge in [0.2, 0.25) is 0 Å². The topological polar surface area (TPSA) is 0 Å². The van der Waals surface area contributed by atoms with Gasteiger partial charge in [-0.2, -0.15) is 0 Å². The number of halogens is 4. The molecule has 2 aromatic rings. The lowest BCUT2D eigenvalue weighted by atomic mass is 9.78. The van der Waals surface area contributed by atoms with Gasteiger partial charge in [-0.25, -0.2) is 0 Å². The van der Waals surface area contributed by atoms with E-state index in [-0.39, 0.29) is 5.41 Å². The first kappa shape index (κ1) is 15.7. The molecule has 19 heavy (non-hydrogen) atoms. The summed E-state index contributed by atoms with van der Waals surface area (Å²) >= 11 is 14.2. The van der Waals surface area contributed by atoms with E-state index in [4.69, 9.17) is 0 Å². The van der Waals surface area contributed by atoms with Crippen molar-refractivity contribution in [2.45, 2.75) is 19.3 Å². The van der Waals surface area contributed by atoms with E-state index in [1.54, 1.807) is 0 Å². The van der Waals surface area contributed by atoms with Crippen molar-refractivity contribution in [3.63, 3.8) is 0 Å². The standard InChI is InChI=1S/C15H12Br4/c1-15(2,9-3-11(16)7-12(17)4-9)10-5-13(18)8-14(19)6-10/h3-8H,1-2H3. The van der Waals surface area contributed by atoms with Crippen molar-refractivity contribution in [3.8, 4) is 0 Å².